The second kappa shape index (κ2) is 4.40. The molecule has 3 aliphatic carbocycles. The Labute approximate surface area is 118 Å². The first-order valence-electron chi connectivity index (χ1n) is 6.94. The first-order valence-corrected chi connectivity index (χ1v) is 7.35. The molecule has 1 saturated carbocycles. The largest absolute Gasteiger partial charge is 0.250 e. The summed E-state index contributed by atoms with van der Waals surface area (Å²) in [4.78, 5) is 0. The number of aromatic nitrogens is 3. The number of allylic oxidation sites excluding steroid dienone is 2. The third-order valence-corrected chi connectivity index (χ3v) is 5.13. The van der Waals surface area contributed by atoms with Crippen LogP contribution in [0.3, 0.4) is 0 Å². The molecule has 3 aliphatic rings. The SMILES string of the molecule is CCc1n[nH]c(=S)n1/N=C/C1=CC[C@H]2C[C@H]1C2(C)C. The van der Waals surface area contributed by atoms with Crippen LogP contribution in [0.25, 0.3) is 0 Å². The van der Waals surface area contributed by atoms with Gasteiger partial charge < -0.3 is 0 Å². The number of rotatable bonds is 3. The smallest absolute Gasteiger partial charge is 0.216 e. The molecular weight excluding hydrogens is 256 g/mol. The van der Waals surface area contributed by atoms with Crippen LogP contribution in [0, 0.1) is 22.0 Å². The first kappa shape index (κ1) is 12.8. The molecule has 1 fully saturated rings. The van der Waals surface area contributed by atoms with Gasteiger partial charge in [-0.15, -0.1) is 0 Å². The van der Waals surface area contributed by atoms with Gasteiger partial charge in [0.1, 0.15) is 0 Å². The van der Waals surface area contributed by atoms with Crippen LogP contribution < -0.4 is 0 Å². The van der Waals surface area contributed by atoms with Gasteiger partial charge in [0.2, 0.25) is 4.77 Å². The summed E-state index contributed by atoms with van der Waals surface area (Å²) < 4.78 is 2.30. The summed E-state index contributed by atoms with van der Waals surface area (Å²) in [7, 11) is 0. The monoisotopic (exact) mass is 276 g/mol. The summed E-state index contributed by atoms with van der Waals surface area (Å²) in [5, 5.41) is 11.5. The van der Waals surface area contributed by atoms with Crippen molar-refractivity contribution >= 4 is 18.4 Å². The minimum absolute atomic E-state index is 0.432. The predicted molar refractivity (Wildman–Crippen MR) is 78.8 cm³/mol. The van der Waals surface area contributed by atoms with Crippen molar-refractivity contribution in [1.82, 2.24) is 14.9 Å². The lowest BCUT2D eigenvalue weighted by atomic mass is 9.49. The van der Waals surface area contributed by atoms with Gasteiger partial charge >= 0.3 is 0 Å². The van der Waals surface area contributed by atoms with Crippen molar-refractivity contribution in [2.45, 2.75) is 40.0 Å². The molecular formula is C14H20N4S. The van der Waals surface area contributed by atoms with Crippen LogP contribution in [0.5, 0.6) is 0 Å². The number of fused-ring (bicyclic) bond motifs is 1. The summed E-state index contributed by atoms with van der Waals surface area (Å²) in [6.07, 6.45) is 7.63. The molecule has 0 aliphatic heterocycles. The van der Waals surface area contributed by atoms with E-state index in [0.29, 0.717) is 16.1 Å². The summed E-state index contributed by atoms with van der Waals surface area (Å²) >= 11 is 5.20. The number of hydrogen-bond donors (Lipinski definition) is 1. The van der Waals surface area contributed by atoms with Gasteiger partial charge in [0, 0.05) is 6.42 Å². The molecule has 1 aromatic rings. The maximum atomic E-state index is 5.20. The number of aryl methyl sites for hydroxylation is 1. The highest BCUT2D eigenvalue weighted by Gasteiger charge is 2.50. The molecule has 19 heavy (non-hydrogen) atoms. The Morgan fingerprint density at radius 1 is 1.63 bits per heavy atom. The van der Waals surface area contributed by atoms with Crippen LogP contribution in [0.4, 0.5) is 0 Å². The van der Waals surface area contributed by atoms with Crippen LogP contribution in [-0.4, -0.2) is 21.1 Å². The van der Waals surface area contributed by atoms with E-state index in [0.717, 1.165) is 18.2 Å². The number of nitrogens with zero attached hydrogens (tertiary/aromatic N) is 3. The van der Waals surface area contributed by atoms with Crippen LogP contribution >= 0.6 is 12.2 Å². The van der Waals surface area contributed by atoms with Crippen molar-refractivity contribution in [3.05, 3.63) is 22.2 Å². The Kier molecular flexibility index (Phi) is 2.96. The highest BCUT2D eigenvalue weighted by molar-refractivity contribution is 7.71. The van der Waals surface area contributed by atoms with Crippen LogP contribution in [0.2, 0.25) is 0 Å². The van der Waals surface area contributed by atoms with Crippen LogP contribution in [0.1, 0.15) is 39.4 Å². The molecule has 0 saturated heterocycles. The topological polar surface area (TPSA) is 46.0 Å². The van der Waals surface area contributed by atoms with Crippen LogP contribution in [0.15, 0.2) is 16.8 Å². The molecule has 1 aromatic heterocycles. The van der Waals surface area contributed by atoms with E-state index >= 15 is 0 Å². The Balaban J connectivity index is 1.86. The van der Waals surface area contributed by atoms with E-state index in [4.69, 9.17) is 12.2 Å². The van der Waals surface area contributed by atoms with Gasteiger partial charge in [-0.05, 0) is 47.9 Å². The molecule has 1 heterocycles. The van der Waals surface area contributed by atoms with Crippen molar-refractivity contribution in [2.75, 3.05) is 0 Å². The zero-order valence-corrected chi connectivity index (χ0v) is 12.5. The molecule has 0 radical (unpaired) electrons. The van der Waals surface area contributed by atoms with E-state index in [2.05, 4.69) is 42.1 Å². The molecule has 4 rings (SSSR count). The number of nitrogens with one attached hydrogen (secondary N) is 1. The predicted octanol–water partition coefficient (Wildman–Crippen LogP) is 3.33. The molecule has 0 unspecified atom stereocenters. The van der Waals surface area contributed by atoms with Crippen molar-refractivity contribution in [3.63, 3.8) is 0 Å². The molecule has 2 atom stereocenters. The minimum Gasteiger partial charge on any atom is -0.250 e. The minimum atomic E-state index is 0.432. The third-order valence-electron chi connectivity index (χ3n) is 4.87. The molecule has 2 bridgehead atoms. The Bertz CT molecular complexity index is 605. The average Bonchev–Trinajstić information content (AvgIpc) is 2.76. The van der Waals surface area contributed by atoms with Crippen molar-refractivity contribution < 1.29 is 0 Å². The fourth-order valence-electron chi connectivity index (χ4n) is 3.34. The zero-order valence-electron chi connectivity index (χ0n) is 11.7. The second-order valence-electron chi connectivity index (χ2n) is 6.10. The lowest BCUT2D eigenvalue weighted by Gasteiger charge is -2.55. The Morgan fingerprint density at radius 3 is 3.05 bits per heavy atom. The standard InChI is InChI=1S/C14H20N4S/c1-4-12-16-17-13(19)18(12)15-8-9-5-6-10-7-11(9)14(10,2)3/h5,8,10-11H,4,6-7H2,1-3H3,(H,17,19)/b15-8+/t10-,11+/m0/s1. The maximum absolute atomic E-state index is 5.20. The highest BCUT2D eigenvalue weighted by Crippen LogP contribution is 2.58. The molecule has 4 nitrogen and oxygen atoms in total. The summed E-state index contributed by atoms with van der Waals surface area (Å²) in [6.45, 7) is 6.79. The fourth-order valence-corrected chi connectivity index (χ4v) is 3.54. The van der Waals surface area contributed by atoms with E-state index in [9.17, 15) is 0 Å². The summed E-state index contributed by atoms with van der Waals surface area (Å²) in [5.41, 5.74) is 1.79. The third kappa shape index (κ3) is 1.91. The molecule has 0 amide bonds. The zero-order chi connectivity index (χ0) is 13.6. The maximum Gasteiger partial charge on any atom is 0.216 e. The van der Waals surface area contributed by atoms with E-state index in [1.54, 1.807) is 4.68 Å². The average molecular weight is 276 g/mol. The van der Waals surface area contributed by atoms with Gasteiger partial charge in [-0.25, -0.2) is 0 Å². The van der Waals surface area contributed by atoms with Crippen molar-refractivity contribution in [1.29, 1.82) is 0 Å². The second-order valence-corrected chi connectivity index (χ2v) is 6.49. The lowest BCUT2D eigenvalue weighted by molar-refractivity contribution is -0.00127. The van der Waals surface area contributed by atoms with Gasteiger partial charge in [0.05, 0.1) is 6.21 Å². The molecule has 102 valence electrons. The normalized spacial score (nSPS) is 28.3. The van der Waals surface area contributed by atoms with E-state index in [-0.39, 0.29) is 0 Å². The number of aromatic amines is 1. The lowest BCUT2D eigenvalue weighted by Crippen LogP contribution is -2.48. The Hall–Kier alpha value is -1.23. The van der Waals surface area contributed by atoms with Gasteiger partial charge in [0.15, 0.2) is 5.82 Å². The molecule has 1 N–H and O–H groups in total. The summed E-state index contributed by atoms with van der Waals surface area (Å²) in [6, 6.07) is 0. The van der Waals surface area contributed by atoms with Gasteiger partial charge in [-0.2, -0.15) is 14.9 Å². The van der Waals surface area contributed by atoms with Crippen molar-refractivity contribution in [2.24, 2.45) is 22.4 Å². The quantitative estimate of drug-likeness (QED) is 0.680. The molecule has 0 spiro atoms. The van der Waals surface area contributed by atoms with Gasteiger partial charge in [-0.1, -0.05) is 26.8 Å². The van der Waals surface area contributed by atoms with E-state index < -0.39 is 0 Å². The van der Waals surface area contributed by atoms with Gasteiger partial charge in [0.25, 0.3) is 0 Å². The molecule has 5 heteroatoms. The first-order chi connectivity index (χ1) is 9.04. The summed E-state index contributed by atoms with van der Waals surface area (Å²) in [5.74, 6) is 2.39. The fraction of sp³-hybridized carbons (Fsp3) is 0.643. The molecule has 0 aromatic carbocycles. The van der Waals surface area contributed by atoms with E-state index in [1.807, 2.05) is 6.21 Å². The van der Waals surface area contributed by atoms with Crippen molar-refractivity contribution in [3.8, 4) is 0 Å². The number of hydrogen-bond acceptors (Lipinski definition) is 3. The number of H-pyrrole nitrogens is 1. The Morgan fingerprint density at radius 2 is 2.42 bits per heavy atom. The van der Waals surface area contributed by atoms with E-state index in [1.165, 1.54) is 18.4 Å². The highest BCUT2D eigenvalue weighted by atomic mass is 32.1. The van der Waals surface area contributed by atoms with Crippen LogP contribution in [-0.2, 0) is 6.42 Å². The van der Waals surface area contributed by atoms with Gasteiger partial charge in [-0.3, -0.25) is 5.10 Å².